The van der Waals surface area contributed by atoms with Gasteiger partial charge in [0.05, 0.1) is 36.8 Å². The van der Waals surface area contributed by atoms with E-state index >= 15 is 0 Å². The molecule has 56 heavy (non-hydrogen) atoms. The molecule has 4 rings (SSSR count). The average molecular weight is 808 g/mol. The summed E-state index contributed by atoms with van der Waals surface area (Å²) in [4.78, 5) is 47.6. The number of aliphatic hydroxyl groups is 3. The molecule has 2 aromatic carbocycles. The second-order valence-corrected chi connectivity index (χ2v) is 15.7. The second-order valence-electron chi connectivity index (χ2n) is 15.3. The largest absolute Gasteiger partial charge is 0.481 e. The Kier molecular flexibility index (Phi) is 20.0. The number of carbonyl (C=O) groups excluding carboxylic acids is 3. The van der Waals surface area contributed by atoms with Crippen LogP contribution in [0.15, 0.2) is 72.3 Å². The van der Waals surface area contributed by atoms with E-state index in [4.69, 9.17) is 30.9 Å². The quantitative estimate of drug-likeness (QED) is 0.0803. The molecule has 0 saturated heterocycles. The van der Waals surface area contributed by atoms with Gasteiger partial charge < -0.3 is 34.6 Å². The Morgan fingerprint density at radius 1 is 0.946 bits per heavy atom. The van der Waals surface area contributed by atoms with Crippen molar-refractivity contribution in [3.63, 3.8) is 0 Å². The predicted octanol–water partition coefficient (Wildman–Crippen LogP) is 6.74. The molecule has 4 N–H and O–H groups in total. The SMILES string of the molecule is CC(C)OC(=O)C(C)(C)Oc1ccc(C(=O)c2ccc(Cl)cc2)cc1.CC[C@H](C)C(=O)O[C@H]1C[C@H](O)C=C2C=C[C@H](C)[C@H](CC[C@@H](O)C[C@@H](O)CC(=O)O)[C@H]21.[Na]. The van der Waals surface area contributed by atoms with Crippen LogP contribution in [0.3, 0.4) is 0 Å². The van der Waals surface area contributed by atoms with E-state index in [0.717, 1.165) is 5.57 Å². The van der Waals surface area contributed by atoms with Gasteiger partial charge in [0.2, 0.25) is 0 Å². The van der Waals surface area contributed by atoms with Crippen LogP contribution in [0.4, 0.5) is 0 Å². The zero-order valence-electron chi connectivity index (χ0n) is 33.8. The van der Waals surface area contributed by atoms with E-state index in [9.17, 15) is 34.5 Å². The number of hydrogen-bond acceptors (Lipinski definition) is 10. The maximum Gasteiger partial charge on any atom is 0.350 e. The van der Waals surface area contributed by atoms with Crippen LogP contribution in [0.1, 0.15) is 103 Å². The summed E-state index contributed by atoms with van der Waals surface area (Å²) in [7, 11) is 0. The van der Waals surface area contributed by atoms with Gasteiger partial charge in [0.1, 0.15) is 11.9 Å². The zero-order valence-corrected chi connectivity index (χ0v) is 36.6. The maximum atomic E-state index is 12.4. The molecular weight excluding hydrogens is 751 g/mol. The normalized spacial score (nSPS) is 21.8. The molecule has 0 saturated carbocycles. The number of carboxylic acid groups (broad SMARTS) is 1. The van der Waals surface area contributed by atoms with Crippen molar-refractivity contribution in [2.75, 3.05) is 0 Å². The molecule has 11 nitrogen and oxygen atoms in total. The van der Waals surface area contributed by atoms with Gasteiger partial charge in [-0.25, -0.2) is 4.79 Å². The number of carboxylic acids is 1. The van der Waals surface area contributed by atoms with E-state index in [-0.39, 0.29) is 83.9 Å². The summed E-state index contributed by atoms with van der Waals surface area (Å²) in [5, 5.41) is 39.6. The predicted molar refractivity (Wildman–Crippen MR) is 214 cm³/mol. The van der Waals surface area contributed by atoms with Crippen LogP contribution in [0, 0.1) is 23.7 Å². The summed E-state index contributed by atoms with van der Waals surface area (Å²) in [6, 6.07) is 13.4. The number of benzene rings is 2. The van der Waals surface area contributed by atoms with E-state index in [1.165, 1.54) is 0 Å². The molecule has 0 heterocycles. The molecule has 0 spiro atoms. The first-order chi connectivity index (χ1) is 25.8. The molecular formula is C43H57ClNaO11. The van der Waals surface area contributed by atoms with Crippen molar-refractivity contribution in [3.8, 4) is 5.75 Å². The summed E-state index contributed by atoms with van der Waals surface area (Å²) in [5.74, 6) is -1.38. The summed E-state index contributed by atoms with van der Waals surface area (Å²) in [6.45, 7) is 12.7. The fraction of sp³-hybridized carbons (Fsp3) is 0.535. The first kappa shape index (κ1) is 49.1. The van der Waals surface area contributed by atoms with Gasteiger partial charge in [-0.15, -0.1) is 0 Å². The number of carbonyl (C=O) groups is 4. The van der Waals surface area contributed by atoms with Crippen molar-refractivity contribution in [2.45, 2.75) is 123 Å². The minimum Gasteiger partial charge on any atom is -0.481 e. The molecule has 8 atom stereocenters. The van der Waals surface area contributed by atoms with Crippen molar-refractivity contribution < 1.29 is 53.8 Å². The third kappa shape index (κ3) is 15.0. The summed E-state index contributed by atoms with van der Waals surface area (Å²) in [5.41, 5.74) is 0.918. The standard InChI is InChI=1S/C23H36O7.C20H21ClO4.Na/c1-4-13(2)23(29)30-20-11-17(25)9-15-6-5-14(3)19(22(15)20)8-7-16(24)10-18(26)12-21(27)28;1-13(2)24-19(23)20(3,4)25-17-11-7-15(8-12-17)18(22)14-5-9-16(21)10-6-14;/h5-6,9,13-14,16-20,22,24-26H,4,7-8,10-12H2,1-3H3,(H,27,28);5-13H,1-4H3;/t13-,14-,16+,17+,18+,19-,20-,22-;;/m0../s1. The Morgan fingerprint density at radius 2 is 1.54 bits per heavy atom. The Morgan fingerprint density at radius 3 is 2.09 bits per heavy atom. The smallest absolute Gasteiger partial charge is 0.350 e. The fourth-order valence-electron chi connectivity index (χ4n) is 6.65. The minimum absolute atomic E-state index is 0. The number of ketones is 1. The molecule has 2 aromatic rings. The van der Waals surface area contributed by atoms with Crippen LogP contribution in [-0.4, -0.2) is 110 Å². The van der Waals surface area contributed by atoms with Gasteiger partial charge in [-0.3, -0.25) is 14.4 Å². The van der Waals surface area contributed by atoms with Crippen molar-refractivity contribution >= 4 is 64.8 Å². The van der Waals surface area contributed by atoms with Crippen LogP contribution in [-0.2, 0) is 23.9 Å². The van der Waals surface area contributed by atoms with Gasteiger partial charge in [-0.1, -0.05) is 50.6 Å². The monoisotopic (exact) mass is 807 g/mol. The number of ether oxygens (including phenoxy) is 3. The van der Waals surface area contributed by atoms with E-state index < -0.39 is 42.0 Å². The Balaban J connectivity index is 0.000000386. The molecule has 0 bridgehead atoms. The van der Waals surface area contributed by atoms with Gasteiger partial charge in [-0.2, -0.15) is 0 Å². The zero-order chi connectivity index (χ0) is 41.0. The number of halogens is 1. The van der Waals surface area contributed by atoms with Crippen molar-refractivity contribution in [1.82, 2.24) is 0 Å². The third-order valence-electron chi connectivity index (χ3n) is 9.87. The molecule has 0 fully saturated rings. The Bertz CT molecular complexity index is 1650. The first-order valence-corrected chi connectivity index (χ1v) is 19.4. The summed E-state index contributed by atoms with van der Waals surface area (Å²) >= 11 is 5.84. The Hall–Kier alpha value is -3.03. The van der Waals surface area contributed by atoms with E-state index in [0.29, 0.717) is 47.6 Å². The number of fused-ring (bicyclic) bond motifs is 1. The molecule has 2 aliphatic carbocycles. The van der Waals surface area contributed by atoms with E-state index in [2.05, 4.69) is 13.0 Å². The average Bonchev–Trinajstić information content (AvgIpc) is 3.10. The molecule has 0 amide bonds. The number of aliphatic hydroxyl groups excluding tert-OH is 3. The van der Waals surface area contributed by atoms with Gasteiger partial charge in [-0.05, 0) is 119 Å². The number of esters is 2. The van der Waals surface area contributed by atoms with Crippen LogP contribution < -0.4 is 4.74 Å². The Labute approximate surface area is 357 Å². The van der Waals surface area contributed by atoms with Gasteiger partial charge in [0.15, 0.2) is 11.4 Å². The number of aliphatic carboxylic acids is 1. The van der Waals surface area contributed by atoms with E-state index in [1.54, 1.807) is 76.2 Å². The number of hydrogen-bond donors (Lipinski definition) is 4. The molecule has 0 aromatic heterocycles. The van der Waals surface area contributed by atoms with Crippen molar-refractivity contribution in [1.29, 1.82) is 0 Å². The summed E-state index contributed by atoms with van der Waals surface area (Å²) < 4.78 is 16.7. The third-order valence-corrected chi connectivity index (χ3v) is 10.1. The van der Waals surface area contributed by atoms with Crippen LogP contribution in [0.5, 0.6) is 5.75 Å². The van der Waals surface area contributed by atoms with Gasteiger partial charge >= 0.3 is 17.9 Å². The second kappa shape index (κ2) is 22.8. The molecule has 13 heteroatoms. The fourth-order valence-corrected chi connectivity index (χ4v) is 6.78. The van der Waals surface area contributed by atoms with Crippen LogP contribution >= 0.6 is 11.6 Å². The van der Waals surface area contributed by atoms with Crippen LogP contribution in [0.2, 0.25) is 5.02 Å². The van der Waals surface area contributed by atoms with Crippen molar-refractivity contribution in [2.24, 2.45) is 23.7 Å². The topological polar surface area (TPSA) is 177 Å². The van der Waals surface area contributed by atoms with Crippen molar-refractivity contribution in [3.05, 3.63) is 88.5 Å². The molecule has 0 aliphatic heterocycles. The van der Waals surface area contributed by atoms with E-state index in [1.807, 2.05) is 26.0 Å². The van der Waals surface area contributed by atoms with Gasteiger partial charge in [0.25, 0.3) is 0 Å². The maximum absolute atomic E-state index is 12.4. The summed E-state index contributed by atoms with van der Waals surface area (Å²) in [6.07, 6.45) is 4.42. The molecule has 0 unspecified atom stereocenters. The van der Waals surface area contributed by atoms with Gasteiger partial charge in [0, 0.05) is 58.0 Å². The molecule has 2 aliphatic rings. The molecule has 1 radical (unpaired) electrons. The van der Waals surface area contributed by atoms with Crippen LogP contribution in [0.25, 0.3) is 0 Å². The number of allylic oxidation sites excluding steroid dienone is 2. The molecule has 303 valence electrons. The first-order valence-electron chi connectivity index (χ1n) is 19.0. The minimum atomic E-state index is -1.12. The number of rotatable bonds is 16.